The van der Waals surface area contributed by atoms with Gasteiger partial charge in [-0.05, 0) is 54.6 Å². The van der Waals surface area contributed by atoms with Gasteiger partial charge in [0.05, 0.1) is 11.6 Å². The Morgan fingerprint density at radius 3 is 2.44 bits per heavy atom. The third-order valence-electron chi connectivity index (χ3n) is 3.91. The van der Waals surface area contributed by atoms with E-state index >= 15 is 0 Å². The van der Waals surface area contributed by atoms with Gasteiger partial charge in [0, 0.05) is 43.0 Å². The lowest BCUT2D eigenvalue weighted by molar-refractivity contribution is 0.102. The summed E-state index contributed by atoms with van der Waals surface area (Å²) in [7, 11) is 3.92. The average Bonchev–Trinajstić information content (AvgIpc) is 2.68. The molecule has 134 valence electrons. The highest BCUT2D eigenvalue weighted by Crippen LogP contribution is 2.19. The number of nitriles is 1. The fraction of sp³-hybridized carbons (Fsp3) is 0.0952. The Bertz CT molecular complexity index is 990. The SMILES string of the molecule is CN(C)c1ccc(NC(=O)c2cc(Nc3cccc(C#N)c3)ccn2)cc1. The topological polar surface area (TPSA) is 81.0 Å². The molecule has 2 aromatic carbocycles. The highest BCUT2D eigenvalue weighted by atomic mass is 16.1. The minimum Gasteiger partial charge on any atom is -0.378 e. The van der Waals surface area contributed by atoms with E-state index in [2.05, 4.69) is 21.7 Å². The van der Waals surface area contributed by atoms with Crippen molar-refractivity contribution in [2.24, 2.45) is 0 Å². The Labute approximate surface area is 158 Å². The first-order valence-corrected chi connectivity index (χ1v) is 8.37. The van der Waals surface area contributed by atoms with Crippen LogP contribution in [0.25, 0.3) is 0 Å². The van der Waals surface area contributed by atoms with E-state index in [1.165, 1.54) is 0 Å². The first-order valence-electron chi connectivity index (χ1n) is 8.37. The Morgan fingerprint density at radius 1 is 1.00 bits per heavy atom. The van der Waals surface area contributed by atoms with Gasteiger partial charge >= 0.3 is 0 Å². The molecule has 0 saturated heterocycles. The van der Waals surface area contributed by atoms with Crippen molar-refractivity contribution < 1.29 is 4.79 Å². The molecule has 27 heavy (non-hydrogen) atoms. The highest BCUT2D eigenvalue weighted by molar-refractivity contribution is 6.03. The average molecular weight is 357 g/mol. The van der Waals surface area contributed by atoms with Gasteiger partial charge in [0.15, 0.2) is 0 Å². The van der Waals surface area contributed by atoms with Crippen molar-refractivity contribution in [1.29, 1.82) is 5.26 Å². The molecule has 0 atom stereocenters. The largest absolute Gasteiger partial charge is 0.378 e. The Hall–Kier alpha value is -3.85. The maximum Gasteiger partial charge on any atom is 0.274 e. The number of pyridine rings is 1. The van der Waals surface area contributed by atoms with Crippen LogP contribution in [0.3, 0.4) is 0 Å². The first kappa shape index (κ1) is 18.0. The van der Waals surface area contributed by atoms with Gasteiger partial charge in [0.25, 0.3) is 5.91 Å². The van der Waals surface area contributed by atoms with Crippen LogP contribution in [0.4, 0.5) is 22.7 Å². The summed E-state index contributed by atoms with van der Waals surface area (Å²) in [5, 5.41) is 15.0. The van der Waals surface area contributed by atoms with Gasteiger partial charge in [-0.25, -0.2) is 0 Å². The minimum atomic E-state index is -0.290. The van der Waals surface area contributed by atoms with Crippen molar-refractivity contribution in [2.75, 3.05) is 29.6 Å². The summed E-state index contributed by atoms with van der Waals surface area (Å²) >= 11 is 0. The van der Waals surface area contributed by atoms with Gasteiger partial charge in [-0.1, -0.05) is 6.07 Å². The number of aromatic nitrogens is 1. The molecule has 0 aliphatic heterocycles. The third kappa shape index (κ3) is 4.61. The molecule has 3 aromatic rings. The van der Waals surface area contributed by atoms with Gasteiger partial charge in [-0.2, -0.15) is 5.26 Å². The summed E-state index contributed by atoms with van der Waals surface area (Å²) in [5.74, 6) is -0.290. The van der Waals surface area contributed by atoms with Crippen LogP contribution in [0, 0.1) is 11.3 Å². The van der Waals surface area contributed by atoms with Crippen molar-refractivity contribution in [2.45, 2.75) is 0 Å². The van der Waals surface area contributed by atoms with E-state index < -0.39 is 0 Å². The lowest BCUT2D eigenvalue weighted by atomic mass is 10.2. The maximum absolute atomic E-state index is 12.5. The van der Waals surface area contributed by atoms with Crippen LogP contribution < -0.4 is 15.5 Å². The predicted octanol–water partition coefficient (Wildman–Crippen LogP) is 4.02. The van der Waals surface area contributed by atoms with E-state index in [-0.39, 0.29) is 5.91 Å². The highest BCUT2D eigenvalue weighted by Gasteiger charge is 2.09. The van der Waals surface area contributed by atoms with Gasteiger partial charge in [-0.3, -0.25) is 9.78 Å². The number of nitrogens with one attached hydrogen (secondary N) is 2. The smallest absolute Gasteiger partial charge is 0.274 e. The molecule has 6 nitrogen and oxygen atoms in total. The first-order chi connectivity index (χ1) is 13.0. The molecule has 2 N–H and O–H groups in total. The van der Waals surface area contributed by atoms with Crippen LogP contribution in [0.15, 0.2) is 66.9 Å². The molecule has 1 heterocycles. The molecule has 0 radical (unpaired) electrons. The number of anilines is 4. The van der Waals surface area contributed by atoms with E-state index in [0.717, 1.165) is 11.4 Å². The summed E-state index contributed by atoms with van der Waals surface area (Å²) < 4.78 is 0. The zero-order valence-electron chi connectivity index (χ0n) is 15.1. The van der Waals surface area contributed by atoms with Crippen LogP contribution in [0.2, 0.25) is 0 Å². The molecule has 1 amide bonds. The summed E-state index contributed by atoms with van der Waals surface area (Å²) in [4.78, 5) is 18.6. The second-order valence-electron chi connectivity index (χ2n) is 6.14. The lowest BCUT2D eigenvalue weighted by Gasteiger charge is -2.13. The van der Waals surface area contributed by atoms with E-state index in [1.54, 1.807) is 36.5 Å². The number of rotatable bonds is 5. The summed E-state index contributed by atoms with van der Waals surface area (Å²) in [6.07, 6.45) is 1.57. The molecular formula is C21H19N5O. The van der Waals surface area contributed by atoms with E-state index in [4.69, 9.17) is 5.26 Å². The minimum absolute atomic E-state index is 0.290. The number of carbonyl (C=O) groups excluding carboxylic acids is 1. The standard InChI is InChI=1S/C21H19N5O/c1-26(2)19-8-6-16(7-9-19)25-21(27)20-13-18(10-11-23-20)24-17-5-3-4-15(12-17)14-22/h3-13H,1-2H3,(H,23,24)(H,25,27). The van der Waals surface area contributed by atoms with Crippen molar-refractivity contribution >= 4 is 28.7 Å². The molecule has 0 unspecified atom stereocenters. The second kappa shape index (κ2) is 8.02. The van der Waals surface area contributed by atoms with Gasteiger partial charge in [-0.15, -0.1) is 0 Å². The van der Waals surface area contributed by atoms with Crippen LogP contribution in [-0.4, -0.2) is 25.0 Å². The fourth-order valence-corrected chi connectivity index (χ4v) is 2.50. The predicted molar refractivity (Wildman–Crippen MR) is 107 cm³/mol. The Balaban J connectivity index is 1.72. The molecule has 1 aromatic heterocycles. The summed E-state index contributed by atoms with van der Waals surface area (Å²) in [5.41, 5.74) is 4.10. The molecule has 0 saturated carbocycles. The zero-order valence-corrected chi connectivity index (χ0v) is 15.1. The van der Waals surface area contributed by atoms with Crippen molar-refractivity contribution in [3.05, 3.63) is 78.1 Å². The number of hydrogen-bond donors (Lipinski definition) is 2. The molecule has 0 fully saturated rings. The van der Waals surface area contributed by atoms with Gasteiger partial charge in [0.2, 0.25) is 0 Å². The molecule has 0 aliphatic rings. The zero-order chi connectivity index (χ0) is 19.2. The van der Waals surface area contributed by atoms with Gasteiger partial charge < -0.3 is 15.5 Å². The molecule has 3 rings (SSSR count). The molecule has 0 bridgehead atoms. The number of nitrogens with zero attached hydrogens (tertiary/aromatic N) is 3. The van der Waals surface area contributed by atoms with E-state index in [0.29, 0.717) is 22.6 Å². The van der Waals surface area contributed by atoms with E-state index in [9.17, 15) is 4.79 Å². The number of amides is 1. The second-order valence-corrected chi connectivity index (χ2v) is 6.14. The van der Waals surface area contributed by atoms with Crippen LogP contribution in [-0.2, 0) is 0 Å². The van der Waals surface area contributed by atoms with Crippen LogP contribution >= 0.6 is 0 Å². The van der Waals surface area contributed by atoms with E-state index in [1.807, 2.05) is 49.3 Å². The normalized spacial score (nSPS) is 9.96. The lowest BCUT2D eigenvalue weighted by Crippen LogP contribution is -2.14. The molecule has 0 spiro atoms. The molecule has 6 heteroatoms. The molecule has 0 aliphatic carbocycles. The van der Waals surface area contributed by atoms with Crippen LogP contribution in [0.1, 0.15) is 16.1 Å². The van der Waals surface area contributed by atoms with Crippen molar-refractivity contribution in [3.63, 3.8) is 0 Å². The molecular weight excluding hydrogens is 338 g/mol. The summed E-state index contributed by atoms with van der Waals surface area (Å²) in [6.45, 7) is 0. The Morgan fingerprint density at radius 2 is 1.74 bits per heavy atom. The third-order valence-corrected chi connectivity index (χ3v) is 3.91. The monoisotopic (exact) mass is 357 g/mol. The van der Waals surface area contributed by atoms with Gasteiger partial charge in [0.1, 0.15) is 5.69 Å². The fourth-order valence-electron chi connectivity index (χ4n) is 2.50. The number of benzene rings is 2. The maximum atomic E-state index is 12.5. The van der Waals surface area contributed by atoms with Crippen molar-refractivity contribution in [1.82, 2.24) is 4.98 Å². The van der Waals surface area contributed by atoms with Crippen molar-refractivity contribution in [3.8, 4) is 6.07 Å². The van der Waals surface area contributed by atoms with Crippen LogP contribution in [0.5, 0.6) is 0 Å². The number of carbonyl (C=O) groups is 1. The quantitative estimate of drug-likeness (QED) is 0.721. The Kier molecular flexibility index (Phi) is 5.33. The summed E-state index contributed by atoms with van der Waals surface area (Å²) in [6, 6.07) is 20.2. The number of hydrogen-bond acceptors (Lipinski definition) is 5.